The van der Waals surface area contributed by atoms with Crippen molar-refractivity contribution in [1.82, 2.24) is 4.90 Å². The second-order valence-electron chi connectivity index (χ2n) is 6.66. The summed E-state index contributed by atoms with van der Waals surface area (Å²) in [5.41, 5.74) is 0.0533. The normalized spacial score (nSPS) is 20.1. The fraction of sp³-hybridized carbons (Fsp3) is 0.556. The van der Waals surface area contributed by atoms with Crippen LogP contribution in [0, 0.1) is 0 Å². The molecule has 2 heterocycles. The summed E-state index contributed by atoms with van der Waals surface area (Å²) in [6.07, 6.45) is 0.839. The van der Waals surface area contributed by atoms with E-state index in [0.717, 1.165) is 23.7 Å². The number of nitrogens with zero attached hydrogens (tertiary/aromatic N) is 1. The van der Waals surface area contributed by atoms with E-state index in [-0.39, 0.29) is 12.7 Å². The lowest BCUT2D eigenvalue weighted by molar-refractivity contribution is -0.168. The van der Waals surface area contributed by atoms with E-state index in [4.69, 9.17) is 14.2 Å². The Labute approximate surface area is 151 Å². The Morgan fingerprint density at radius 1 is 1.24 bits per heavy atom. The summed E-state index contributed by atoms with van der Waals surface area (Å²) in [4.78, 5) is 25.7. The largest absolute Gasteiger partial charge is 0.454 e. The molecule has 25 heavy (non-hydrogen) atoms. The molecule has 2 aliphatic heterocycles. The number of carbonyl (C=O) groups is 2. The highest BCUT2D eigenvalue weighted by molar-refractivity contribution is 7.99. The molecule has 1 amide bonds. The smallest absolute Gasteiger partial charge is 0.303 e. The zero-order valence-corrected chi connectivity index (χ0v) is 15.6. The quantitative estimate of drug-likeness (QED) is 0.768. The number of hydrogen-bond acceptors (Lipinski definition) is 6. The average Bonchev–Trinajstić information content (AvgIpc) is 2.88. The Bertz CT molecular complexity index is 675. The maximum atomic E-state index is 12.7. The summed E-state index contributed by atoms with van der Waals surface area (Å²) < 4.78 is 16.0. The first kappa shape index (κ1) is 17.9. The van der Waals surface area contributed by atoms with Crippen molar-refractivity contribution >= 4 is 23.6 Å². The van der Waals surface area contributed by atoms with Crippen molar-refractivity contribution < 1.29 is 23.8 Å². The molecule has 0 spiro atoms. The van der Waals surface area contributed by atoms with Gasteiger partial charge in [-0.2, -0.15) is 11.8 Å². The molecular weight excluding hydrogens is 342 g/mol. The van der Waals surface area contributed by atoms with Crippen molar-refractivity contribution in [2.24, 2.45) is 0 Å². The summed E-state index contributed by atoms with van der Waals surface area (Å²) >= 11 is 1.83. The van der Waals surface area contributed by atoms with E-state index in [9.17, 15) is 9.59 Å². The molecule has 7 heteroatoms. The van der Waals surface area contributed by atoms with Crippen LogP contribution in [0.3, 0.4) is 0 Å². The summed E-state index contributed by atoms with van der Waals surface area (Å²) in [7, 11) is 0. The van der Waals surface area contributed by atoms with Gasteiger partial charge in [0.1, 0.15) is 0 Å². The van der Waals surface area contributed by atoms with Crippen molar-refractivity contribution in [3.63, 3.8) is 0 Å². The van der Waals surface area contributed by atoms with Gasteiger partial charge < -0.3 is 19.1 Å². The molecule has 1 aromatic carbocycles. The lowest BCUT2D eigenvalue weighted by Crippen LogP contribution is -2.48. The zero-order chi connectivity index (χ0) is 18.0. The Hall–Kier alpha value is -1.89. The molecule has 1 saturated heterocycles. The molecule has 6 nitrogen and oxygen atoms in total. The minimum absolute atomic E-state index is 0.144. The van der Waals surface area contributed by atoms with Crippen molar-refractivity contribution in [2.75, 3.05) is 25.6 Å². The molecule has 0 aromatic heterocycles. The van der Waals surface area contributed by atoms with Gasteiger partial charge in [-0.15, -0.1) is 0 Å². The van der Waals surface area contributed by atoms with Crippen molar-refractivity contribution in [2.45, 2.75) is 38.0 Å². The van der Waals surface area contributed by atoms with Gasteiger partial charge in [0, 0.05) is 31.0 Å². The van der Waals surface area contributed by atoms with Crippen LogP contribution in [-0.4, -0.2) is 48.0 Å². The fourth-order valence-electron chi connectivity index (χ4n) is 3.14. The van der Waals surface area contributed by atoms with Crippen LogP contribution in [0.1, 0.15) is 38.0 Å². The minimum Gasteiger partial charge on any atom is -0.454 e. The number of thioether (sulfide) groups is 1. The maximum absolute atomic E-state index is 12.7. The van der Waals surface area contributed by atoms with Gasteiger partial charge in [-0.3, -0.25) is 9.59 Å². The maximum Gasteiger partial charge on any atom is 0.303 e. The van der Waals surface area contributed by atoms with Gasteiger partial charge in [-0.25, -0.2) is 0 Å². The number of rotatable bonds is 3. The molecule has 0 N–H and O–H groups in total. The number of ether oxygens (including phenoxy) is 3. The first-order valence-corrected chi connectivity index (χ1v) is 9.42. The van der Waals surface area contributed by atoms with Crippen LogP contribution in [0.2, 0.25) is 0 Å². The molecule has 1 fully saturated rings. The van der Waals surface area contributed by atoms with Gasteiger partial charge in [0.2, 0.25) is 6.79 Å². The number of esters is 1. The molecule has 2 aliphatic rings. The second-order valence-corrected chi connectivity index (χ2v) is 7.97. The molecule has 0 bridgehead atoms. The highest BCUT2D eigenvalue weighted by Crippen LogP contribution is 2.40. The molecule has 1 atom stereocenters. The van der Waals surface area contributed by atoms with Gasteiger partial charge in [-0.05, 0) is 38.0 Å². The van der Waals surface area contributed by atoms with E-state index in [1.165, 1.54) is 12.5 Å². The predicted octanol–water partition coefficient (Wildman–Crippen LogP) is 2.76. The third-order valence-corrected chi connectivity index (χ3v) is 5.64. The minimum atomic E-state index is -1.13. The molecule has 3 rings (SSSR count). The monoisotopic (exact) mass is 365 g/mol. The highest BCUT2D eigenvalue weighted by Gasteiger charge is 2.36. The van der Waals surface area contributed by atoms with Crippen LogP contribution >= 0.6 is 11.8 Å². The Kier molecular flexibility index (Phi) is 5.13. The second kappa shape index (κ2) is 7.15. The van der Waals surface area contributed by atoms with Gasteiger partial charge >= 0.3 is 5.97 Å². The van der Waals surface area contributed by atoms with E-state index in [1.54, 1.807) is 18.7 Å². The van der Waals surface area contributed by atoms with E-state index in [0.29, 0.717) is 18.3 Å². The summed E-state index contributed by atoms with van der Waals surface area (Å²) in [5.74, 6) is 1.81. The topological polar surface area (TPSA) is 65.1 Å². The zero-order valence-electron chi connectivity index (χ0n) is 14.7. The van der Waals surface area contributed by atoms with Crippen LogP contribution in [0.25, 0.3) is 0 Å². The first-order valence-electron chi connectivity index (χ1n) is 8.37. The number of hydrogen-bond donors (Lipinski definition) is 0. The third kappa shape index (κ3) is 4.03. The Balaban J connectivity index is 1.66. The predicted molar refractivity (Wildman–Crippen MR) is 94.8 cm³/mol. The lowest BCUT2D eigenvalue weighted by Gasteiger charge is -2.30. The third-order valence-electron chi connectivity index (χ3n) is 4.31. The standard InChI is InChI=1S/C18H23NO5S/c1-12(20)24-18(2,3)17(21)19-7-6-16(25-9-8-19)13-4-5-14-15(10-13)23-11-22-14/h4-5,10,16H,6-9,11H2,1-3H3. The highest BCUT2D eigenvalue weighted by atomic mass is 32.2. The van der Waals surface area contributed by atoms with Crippen LogP contribution in [0.5, 0.6) is 11.5 Å². The van der Waals surface area contributed by atoms with Crippen LogP contribution in [0.4, 0.5) is 0 Å². The SMILES string of the molecule is CC(=O)OC(C)(C)C(=O)N1CCSC(c2ccc3c(c2)OCO3)CC1. The molecule has 1 aromatic rings. The molecule has 0 saturated carbocycles. The van der Waals surface area contributed by atoms with Crippen molar-refractivity contribution in [3.8, 4) is 11.5 Å². The molecular formula is C18H23NO5S. The molecule has 0 radical (unpaired) electrons. The number of amides is 1. The average molecular weight is 365 g/mol. The lowest BCUT2D eigenvalue weighted by atomic mass is 10.1. The van der Waals surface area contributed by atoms with Crippen LogP contribution < -0.4 is 9.47 Å². The summed E-state index contributed by atoms with van der Waals surface area (Å²) in [6.45, 7) is 6.16. The van der Waals surface area contributed by atoms with Crippen molar-refractivity contribution in [3.05, 3.63) is 23.8 Å². The summed E-state index contributed by atoms with van der Waals surface area (Å²) in [5, 5.41) is 0.295. The molecule has 136 valence electrons. The summed E-state index contributed by atoms with van der Waals surface area (Å²) in [6, 6.07) is 6.03. The van der Waals surface area contributed by atoms with E-state index < -0.39 is 11.6 Å². The van der Waals surface area contributed by atoms with Gasteiger partial charge in [0.05, 0.1) is 0 Å². The first-order chi connectivity index (χ1) is 11.9. The number of benzene rings is 1. The van der Waals surface area contributed by atoms with E-state index in [1.807, 2.05) is 23.9 Å². The fourth-order valence-corrected chi connectivity index (χ4v) is 4.36. The van der Waals surface area contributed by atoms with Crippen LogP contribution in [-0.2, 0) is 14.3 Å². The Morgan fingerprint density at radius 3 is 2.76 bits per heavy atom. The molecule has 1 unspecified atom stereocenters. The van der Waals surface area contributed by atoms with Gasteiger partial charge in [0.25, 0.3) is 5.91 Å². The number of carbonyl (C=O) groups excluding carboxylic acids is 2. The van der Waals surface area contributed by atoms with Crippen LogP contribution in [0.15, 0.2) is 18.2 Å². The van der Waals surface area contributed by atoms with E-state index >= 15 is 0 Å². The van der Waals surface area contributed by atoms with Gasteiger partial charge in [0.15, 0.2) is 17.1 Å². The van der Waals surface area contributed by atoms with Gasteiger partial charge in [-0.1, -0.05) is 6.07 Å². The van der Waals surface area contributed by atoms with E-state index in [2.05, 4.69) is 6.07 Å². The molecule has 0 aliphatic carbocycles. The number of fused-ring (bicyclic) bond motifs is 1. The van der Waals surface area contributed by atoms with Crippen molar-refractivity contribution in [1.29, 1.82) is 0 Å². The Morgan fingerprint density at radius 2 is 2.00 bits per heavy atom.